The average molecular weight is 315 g/mol. The summed E-state index contributed by atoms with van der Waals surface area (Å²) in [4.78, 5) is 38.0. The van der Waals surface area contributed by atoms with Crippen LogP contribution >= 0.6 is 0 Å². The molecule has 122 valence electrons. The van der Waals surface area contributed by atoms with Gasteiger partial charge in [-0.15, -0.1) is 0 Å². The van der Waals surface area contributed by atoms with Crippen LogP contribution in [0.15, 0.2) is 25.2 Å². The topological polar surface area (TPSA) is 69.6 Å². The van der Waals surface area contributed by atoms with E-state index in [0.29, 0.717) is 25.5 Å². The normalized spacial score (nSPS) is 20.3. The monoisotopic (exact) mass is 315 g/mol. The van der Waals surface area contributed by atoms with Crippen LogP contribution in [0.5, 0.6) is 0 Å². The van der Waals surface area contributed by atoms with E-state index < -0.39 is 0 Å². The third kappa shape index (κ3) is 2.56. The fourth-order valence-electron chi connectivity index (χ4n) is 3.30. The maximum absolute atomic E-state index is 12.8. The summed E-state index contributed by atoms with van der Waals surface area (Å²) < 4.78 is 0. The van der Waals surface area contributed by atoms with Gasteiger partial charge in [-0.25, -0.2) is 14.8 Å². The van der Waals surface area contributed by atoms with Crippen LogP contribution in [0.25, 0.3) is 0 Å². The van der Waals surface area contributed by atoms with Gasteiger partial charge in [0.2, 0.25) is 5.91 Å². The van der Waals surface area contributed by atoms with Gasteiger partial charge in [-0.3, -0.25) is 9.69 Å². The average Bonchev–Trinajstić information content (AvgIpc) is 2.58. The summed E-state index contributed by atoms with van der Waals surface area (Å²) in [5, 5.41) is 0. The van der Waals surface area contributed by atoms with Gasteiger partial charge in [0, 0.05) is 37.4 Å². The largest absolute Gasteiger partial charge is 0.339 e. The van der Waals surface area contributed by atoms with E-state index in [-0.39, 0.29) is 17.5 Å². The first-order valence-corrected chi connectivity index (χ1v) is 7.72. The first kappa shape index (κ1) is 15.5. The number of hydrogen-bond acceptors (Lipinski definition) is 4. The van der Waals surface area contributed by atoms with Crippen molar-refractivity contribution in [1.82, 2.24) is 19.8 Å². The summed E-state index contributed by atoms with van der Waals surface area (Å²) in [6, 6.07) is -0.0535. The van der Waals surface area contributed by atoms with Gasteiger partial charge in [0.25, 0.3) is 0 Å². The van der Waals surface area contributed by atoms with Crippen molar-refractivity contribution in [2.45, 2.75) is 31.8 Å². The van der Waals surface area contributed by atoms with Crippen molar-refractivity contribution in [1.29, 1.82) is 0 Å². The molecule has 2 aliphatic heterocycles. The molecule has 1 fully saturated rings. The van der Waals surface area contributed by atoms with E-state index >= 15 is 0 Å². The number of aromatic nitrogens is 2. The Morgan fingerprint density at radius 3 is 2.74 bits per heavy atom. The molecule has 0 unspecified atom stereocenters. The molecule has 3 amide bonds. The van der Waals surface area contributed by atoms with Crippen LogP contribution in [0.4, 0.5) is 10.6 Å². The van der Waals surface area contributed by atoms with E-state index in [1.807, 2.05) is 4.90 Å². The molecule has 0 aliphatic carbocycles. The quantitative estimate of drug-likeness (QED) is 0.774. The number of carbonyl (C=O) groups is 2. The summed E-state index contributed by atoms with van der Waals surface area (Å²) >= 11 is 0. The molecular formula is C16H21N5O2. The molecule has 0 atom stereocenters. The lowest BCUT2D eigenvalue weighted by Crippen LogP contribution is -2.60. The Hall–Kier alpha value is -2.44. The zero-order valence-corrected chi connectivity index (χ0v) is 13.5. The van der Waals surface area contributed by atoms with E-state index in [1.54, 1.807) is 23.0 Å². The Labute approximate surface area is 135 Å². The predicted octanol–water partition coefficient (Wildman–Crippen LogP) is 1.42. The number of hydrogen-bond donors (Lipinski definition) is 0. The Bertz CT molecular complexity index is 652. The molecule has 23 heavy (non-hydrogen) atoms. The Balaban J connectivity index is 1.81. The fourth-order valence-corrected chi connectivity index (χ4v) is 3.30. The molecule has 0 radical (unpaired) electrons. The molecule has 2 aliphatic rings. The maximum atomic E-state index is 12.8. The summed E-state index contributed by atoms with van der Waals surface area (Å²) in [5.74, 6) is 0.622. The first-order chi connectivity index (χ1) is 11.0. The maximum Gasteiger partial charge on any atom is 0.326 e. The highest BCUT2D eigenvalue weighted by atomic mass is 16.2. The number of nitrogens with zero attached hydrogens (tertiary/aromatic N) is 5. The van der Waals surface area contributed by atoms with Crippen molar-refractivity contribution in [2.75, 3.05) is 25.0 Å². The van der Waals surface area contributed by atoms with Crippen molar-refractivity contribution >= 4 is 17.8 Å². The van der Waals surface area contributed by atoms with Gasteiger partial charge in [-0.1, -0.05) is 6.58 Å². The summed E-state index contributed by atoms with van der Waals surface area (Å²) in [6.07, 6.45) is 6.05. The lowest BCUT2D eigenvalue weighted by molar-refractivity contribution is -0.128. The molecule has 0 bridgehead atoms. The fraction of sp³-hybridized carbons (Fsp3) is 0.500. The molecule has 3 heterocycles. The lowest BCUT2D eigenvalue weighted by Gasteiger charge is -2.49. The van der Waals surface area contributed by atoms with Gasteiger partial charge in [0.05, 0.1) is 6.54 Å². The van der Waals surface area contributed by atoms with Crippen LogP contribution in [0.2, 0.25) is 0 Å². The number of anilines is 1. The zero-order valence-electron chi connectivity index (χ0n) is 13.5. The van der Waals surface area contributed by atoms with Crippen LogP contribution in [-0.4, -0.2) is 57.4 Å². The SMILES string of the molecule is C=CC(=O)N1CCC(C)(N2Cc3cncnc3N(C)C2=O)CC1. The smallest absolute Gasteiger partial charge is 0.326 e. The third-order valence-electron chi connectivity index (χ3n) is 4.91. The lowest BCUT2D eigenvalue weighted by atomic mass is 9.87. The molecule has 0 aromatic carbocycles. The number of piperidine rings is 1. The van der Waals surface area contributed by atoms with Gasteiger partial charge in [-0.05, 0) is 25.8 Å². The zero-order chi connectivity index (χ0) is 16.6. The minimum atomic E-state index is -0.281. The minimum absolute atomic E-state index is 0.0483. The van der Waals surface area contributed by atoms with E-state index in [1.165, 1.54) is 12.4 Å². The van der Waals surface area contributed by atoms with Crippen molar-refractivity contribution in [3.05, 3.63) is 30.7 Å². The second-order valence-corrected chi connectivity index (χ2v) is 6.33. The van der Waals surface area contributed by atoms with Gasteiger partial charge in [-0.2, -0.15) is 0 Å². The number of amides is 3. The Morgan fingerprint density at radius 1 is 1.39 bits per heavy atom. The van der Waals surface area contributed by atoms with Crippen molar-refractivity contribution < 1.29 is 9.59 Å². The molecule has 1 aromatic heterocycles. The second-order valence-electron chi connectivity index (χ2n) is 6.33. The van der Waals surface area contributed by atoms with Gasteiger partial charge in [0.15, 0.2) is 0 Å². The molecular weight excluding hydrogens is 294 g/mol. The van der Waals surface area contributed by atoms with Crippen molar-refractivity contribution in [3.8, 4) is 0 Å². The number of likely N-dealkylation sites (tertiary alicyclic amines) is 1. The van der Waals surface area contributed by atoms with Crippen LogP contribution in [0, 0.1) is 0 Å². The molecule has 0 N–H and O–H groups in total. The molecule has 7 nitrogen and oxygen atoms in total. The highest BCUT2D eigenvalue weighted by Gasteiger charge is 2.43. The number of fused-ring (bicyclic) bond motifs is 1. The van der Waals surface area contributed by atoms with E-state index in [2.05, 4.69) is 23.5 Å². The molecule has 1 aromatic rings. The van der Waals surface area contributed by atoms with Gasteiger partial charge < -0.3 is 9.80 Å². The minimum Gasteiger partial charge on any atom is -0.339 e. The predicted molar refractivity (Wildman–Crippen MR) is 85.8 cm³/mol. The first-order valence-electron chi connectivity index (χ1n) is 7.72. The standard InChI is InChI=1S/C16H21N5O2/c1-4-13(22)20-7-5-16(2,6-8-20)21-10-12-9-17-11-18-14(12)19(3)15(21)23/h4,9,11H,1,5-8,10H2,2-3H3. The molecule has 3 rings (SSSR count). The van der Waals surface area contributed by atoms with Crippen molar-refractivity contribution in [3.63, 3.8) is 0 Å². The number of rotatable bonds is 2. The summed E-state index contributed by atoms with van der Waals surface area (Å²) in [5.41, 5.74) is 0.664. The van der Waals surface area contributed by atoms with E-state index in [9.17, 15) is 9.59 Å². The Morgan fingerprint density at radius 2 is 2.09 bits per heavy atom. The molecule has 1 saturated heterocycles. The number of carbonyl (C=O) groups excluding carboxylic acids is 2. The molecule has 0 saturated carbocycles. The molecule has 7 heteroatoms. The number of urea groups is 1. The van der Waals surface area contributed by atoms with Crippen LogP contribution in [0.3, 0.4) is 0 Å². The van der Waals surface area contributed by atoms with Gasteiger partial charge in [0.1, 0.15) is 12.1 Å². The second kappa shape index (κ2) is 5.64. The van der Waals surface area contributed by atoms with Crippen molar-refractivity contribution in [2.24, 2.45) is 0 Å². The van der Waals surface area contributed by atoms with Crippen LogP contribution in [0.1, 0.15) is 25.3 Å². The van der Waals surface area contributed by atoms with Crippen LogP contribution < -0.4 is 4.90 Å². The van der Waals surface area contributed by atoms with Gasteiger partial charge >= 0.3 is 6.03 Å². The van der Waals surface area contributed by atoms with E-state index in [4.69, 9.17) is 0 Å². The van der Waals surface area contributed by atoms with E-state index in [0.717, 1.165) is 18.4 Å². The highest BCUT2D eigenvalue weighted by Crippen LogP contribution is 2.35. The summed E-state index contributed by atoms with van der Waals surface area (Å²) in [6.45, 7) is 7.39. The Kier molecular flexibility index (Phi) is 3.79. The summed E-state index contributed by atoms with van der Waals surface area (Å²) in [7, 11) is 1.74. The van der Waals surface area contributed by atoms with Crippen LogP contribution in [-0.2, 0) is 11.3 Å². The molecule has 0 spiro atoms. The highest BCUT2D eigenvalue weighted by molar-refractivity contribution is 5.93. The third-order valence-corrected chi connectivity index (χ3v) is 4.91.